The number of benzene rings is 1. The van der Waals surface area contributed by atoms with Crippen LogP contribution < -0.4 is 0 Å². The number of hydrogen-bond donors (Lipinski definition) is 1. The van der Waals surface area contributed by atoms with Gasteiger partial charge in [-0.3, -0.25) is 0 Å². The van der Waals surface area contributed by atoms with Crippen LogP contribution in [0.1, 0.15) is 22.8 Å². The average Bonchev–Trinajstić information content (AvgIpc) is 2.54. The molecule has 23 heavy (non-hydrogen) atoms. The third-order valence-corrected chi connectivity index (χ3v) is 5.97. The molecule has 2 atom stereocenters. The molecule has 1 aromatic carbocycles. The van der Waals surface area contributed by atoms with Gasteiger partial charge < -0.3 is 14.6 Å². The summed E-state index contributed by atoms with van der Waals surface area (Å²) in [5.41, 5.74) is 0.716. The molecular formula is C15H21NO6S. The number of methoxy groups -OCH3 is 1. The third-order valence-electron chi connectivity index (χ3n) is 3.85. The molecule has 0 aliphatic carbocycles. The number of esters is 1. The van der Waals surface area contributed by atoms with Gasteiger partial charge in [0.25, 0.3) is 0 Å². The van der Waals surface area contributed by atoms with Crippen LogP contribution in [-0.2, 0) is 19.5 Å². The summed E-state index contributed by atoms with van der Waals surface area (Å²) in [6, 6.07) is 4.07. The third kappa shape index (κ3) is 3.55. The van der Waals surface area contributed by atoms with E-state index in [1.807, 2.05) is 0 Å². The number of morpholine rings is 1. The highest BCUT2D eigenvalue weighted by Crippen LogP contribution is 2.26. The molecule has 0 amide bonds. The predicted molar refractivity (Wildman–Crippen MR) is 82.7 cm³/mol. The van der Waals surface area contributed by atoms with Crippen LogP contribution >= 0.6 is 0 Å². The first kappa shape index (κ1) is 17.9. The number of hydrogen-bond acceptors (Lipinski definition) is 6. The number of sulfonamides is 1. The van der Waals surface area contributed by atoms with Gasteiger partial charge in [0.2, 0.25) is 10.0 Å². The summed E-state index contributed by atoms with van der Waals surface area (Å²) < 4.78 is 37.3. The molecule has 128 valence electrons. The molecule has 0 spiro atoms. The van der Waals surface area contributed by atoms with Crippen LogP contribution in [0.3, 0.4) is 0 Å². The summed E-state index contributed by atoms with van der Waals surface area (Å²) in [4.78, 5) is 11.7. The number of carbonyl (C=O) groups excluding carboxylic acids is 1. The van der Waals surface area contributed by atoms with Crippen molar-refractivity contribution in [2.75, 3.05) is 26.9 Å². The Labute approximate surface area is 135 Å². The molecule has 1 heterocycles. The molecule has 1 aliphatic heterocycles. The van der Waals surface area contributed by atoms with Crippen molar-refractivity contribution in [3.8, 4) is 0 Å². The average molecular weight is 343 g/mol. The van der Waals surface area contributed by atoms with Gasteiger partial charge in [-0.2, -0.15) is 4.31 Å². The lowest BCUT2D eigenvalue weighted by atomic mass is 10.1. The predicted octanol–water partition coefficient (Wildman–Crippen LogP) is 0.552. The van der Waals surface area contributed by atoms with E-state index in [4.69, 9.17) is 4.74 Å². The molecule has 8 heteroatoms. The van der Waals surface area contributed by atoms with Gasteiger partial charge in [-0.15, -0.1) is 0 Å². The van der Waals surface area contributed by atoms with Gasteiger partial charge in [0, 0.05) is 12.6 Å². The fourth-order valence-corrected chi connectivity index (χ4v) is 4.39. The van der Waals surface area contributed by atoms with E-state index in [1.165, 1.54) is 23.5 Å². The fourth-order valence-electron chi connectivity index (χ4n) is 2.49. The maximum Gasteiger partial charge on any atom is 0.337 e. The first-order valence-corrected chi connectivity index (χ1v) is 8.68. The number of carbonyl (C=O) groups is 1. The molecule has 0 radical (unpaired) electrons. The lowest BCUT2D eigenvalue weighted by Gasteiger charge is -2.36. The summed E-state index contributed by atoms with van der Waals surface area (Å²) in [5, 5.41) is 9.23. The monoisotopic (exact) mass is 343 g/mol. The van der Waals surface area contributed by atoms with E-state index in [9.17, 15) is 18.3 Å². The maximum atomic E-state index is 13.0. The molecule has 1 saturated heterocycles. The van der Waals surface area contributed by atoms with Gasteiger partial charge in [0.05, 0.1) is 36.9 Å². The first-order chi connectivity index (χ1) is 10.8. The van der Waals surface area contributed by atoms with E-state index in [1.54, 1.807) is 19.9 Å². The van der Waals surface area contributed by atoms with Gasteiger partial charge in [0.15, 0.2) is 0 Å². The molecule has 1 N–H and O–H groups in total. The summed E-state index contributed by atoms with van der Waals surface area (Å²) in [6.07, 6.45) is -0.551. The molecule has 0 saturated carbocycles. The zero-order valence-electron chi connectivity index (χ0n) is 13.4. The summed E-state index contributed by atoms with van der Waals surface area (Å²) in [7, 11) is -2.57. The van der Waals surface area contributed by atoms with Crippen molar-refractivity contribution in [2.24, 2.45) is 0 Å². The lowest BCUT2D eigenvalue weighted by molar-refractivity contribution is -0.0516. The number of aliphatic hydroxyl groups is 1. The standard InChI is InChI=1S/C15H21NO6S/c1-10-4-5-12(15(18)21-3)6-14(10)23(19,20)16-7-13(8-17)22-9-11(16)2/h4-6,11,13,17H,7-9H2,1-3H3/t11-,13+/m1/s1. The van der Waals surface area contributed by atoms with E-state index >= 15 is 0 Å². The van der Waals surface area contributed by atoms with E-state index in [0.29, 0.717) is 5.56 Å². The number of nitrogens with zero attached hydrogens (tertiary/aromatic N) is 1. The molecule has 1 fully saturated rings. The van der Waals surface area contributed by atoms with Crippen LogP contribution in [-0.4, -0.2) is 62.8 Å². The number of aryl methyl sites for hydroxylation is 1. The molecule has 7 nitrogen and oxygen atoms in total. The molecule has 0 unspecified atom stereocenters. The van der Waals surface area contributed by atoms with E-state index in [2.05, 4.69) is 4.74 Å². The first-order valence-electron chi connectivity index (χ1n) is 7.24. The second-order valence-corrected chi connectivity index (χ2v) is 7.39. The van der Waals surface area contributed by atoms with Crippen LogP contribution in [0.15, 0.2) is 23.1 Å². The Morgan fingerprint density at radius 2 is 2.17 bits per heavy atom. The van der Waals surface area contributed by atoms with Crippen LogP contribution in [0.25, 0.3) is 0 Å². The van der Waals surface area contributed by atoms with E-state index in [0.717, 1.165) is 0 Å². The summed E-state index contributed by atoms with van der Waals surface area (Å²) >= 11 is 0. The highest BCUT2D eigenvalue weighted by Gasteiger charge is 2.36. The van der Waals surface area contributed by atoms with Crippen molar-refractivity contribution >= 4 is 16.0 Å². The van der Waals surface area contributed by atoms with Crippen molar-refractivity contribution in [1.82, 2.24) is 4.31 Å². The van der Waals surface area contributed by atoms with Crippen LogP contribution in [0.2, 0.25) is 0 Å². The lowest BCUT2D eigenvalue weighted by Crippen LogP contribution is -2.51. The minimum atomic E-state index is -3.81. The molecule has 0 aromatic heterocycles. The molecule has 0 bridgehead atoms. The zero-order valence-corrected chi connectivity index (χ0v) is 14.2. The minimum Gasteiger partial charge on any atom is -0.465 e. The Morgan fingerprint density at radius 3 is 2.78 bits per heavy atom. The van der Waals surface area contributed by atoms with E-state index in [-0.39, 0.29) is 36.3 Å². The Bertz CT molecular complexity index is 687. The Hall–Kier alpha value is -1.48. The number of aliphatic hydroxyl groups excluding tert-OH is 1. The SMILES string of the molecule is COC(=O)c1ccc(C)c(S(=O)(=O)N2C[C@@H](CO)OC[C@H]2C)c1. The molecular weight excluding hydrogens is 322 g/mol. The number of rotatable bonds is 4. The summed E-state index contributed by atoms with van der Waals surface area (Å²) in [6.45, 7) is 3.44. The van der Waals surface area contributed by atoms with Gasteiger partial charge in [0.1, 0.15) is 0 Å². The smallest absolute Gasteiger partial charge is 0.337 e. The topological polar surface area (TPSA) is 93.1 Å². The molecule has 1 aliphatic rings. The minimum absolute atomic E-state index is 0.0610. The highest BCUT2D eigenvalue weighted by atomic mass is 32.2. The van der Waals surface area contributed by atoms with Crippen LogP contribution in [0, 0.1) is 6.92 Å². The second kappa shape index (κ2) is 6.96. The normalized spacial score (nSPS) is 22.8. The maximum absolute atomic E-state index is 13.0. The van der Waals surface area contributed by atoms with Gasteiger partial charge in [-0.05, 0) is 31.5 Å². The van der Waals surface area contributed by atoms with Crippen LogP contribution in [0.5, 0.6) is 0 Å². The second-order valence-electron chi connectivity index (χ2n) is 5.53. The molecule has 1 aromatic rings. The van der Waals surface area contributed by atoms with Gasteiger partial charge in [-0.25, -0.2) is 13.2 Å². The Balaban J connectivity index is 2.44. The van der Waals surface area contributed by atoms with Crippen molar-refractivity contribution in [3.63, 3.8) is 0 Å². The molecule has 2 rings (SSSR count). The van der Waals surface area contributed by atoms with Crippen molar-refractivity contribution in [2.45, 2.75) is 30.9 Å². The van der Waals surface area contributed by atoms with Crippen molar-refractivity contribution in [3.05, 3.63) is 29.3 Å². The summed E-state index contributed by atoms with van der Waals surface area (Å²) in [5.74, 6) is -0.593. The van der Waals surface area contributed by atoms with Gasteiger partial charge >= 0.3 is 5.97 Å². The highest BCUT2D eigenvalue weighted by molar-refractivity contribution is 7.89. The van der Waals surface area contributed by atoms with E-state index < -0.39 is 22.1 Å². The largest absolute Gasteiger partial charge is 0.465 e. The quantitative estimate of drug-likeness (QED) is 0.803. The Morgan fingerprint density at radius 1 is 1.48 bits per heavy atom. The number of ether oxygens (including phenoxy) is 2. The zero-order chi connectivity index (χ0) is 17.2. The fraction of sp³-hybridized carbons (Fsp3) is 0.533. The van der Waals surface area contributed by atoms with Crippen molar-refractivity contribution < 1.29 is 27.8 Å². The van der Waals surface area contributed by atoms with Gasteiger partial charge in [-0.1, -0.05) is 6.07 Å². The van der Waals surface area contributed by atoms with Crippen LogP contribution in [0.4, 0.5) is 0 Å². The Kier molecular flexibility index (Phi) is 5.41. The van der Waals surface area contributed by atoms with Crippen molar-refractivity contribution in [1.29, 1.82) is 0 Å².